The zero-order valence-corrected chi connectivity index (χ0v) is 17.7. The normalized spacial score (nSPS) is 19.1. The van der Waals surface area contributed by atoms with E-state index in [0.29, 0.717) is 30.8 Å². The third-order valence-electron chi connectivity index (χ3n) is 4.49. The molecule has 2 heterocycles. The summed E-state index contributed by atoms with van der Waals surface area (Å²) in [4.78, 5) is 40.2. The molecule has 1 aromatic carbocycles. The average Bonchev–Trinajstić information content (AvgIpc) is 2.79. The zero-order valence-electron chi connectivity index (χ0n) is 15.9. The van der Waals surface area contributed by atoms with Crippen LogP contribution in [0.2, 0.25) is 0 Å². The standard InChI is InChI=1S/C19H24N2O4.ClH.H2S/c1-19(2,3)25-18(24)20-10-6-7-13(11-20)12-21-16(22)14-8-4-5-9-15(14)17(21)23;;/h4-5,8-9,13H,6-7,10-12H2,1-3H3;1H;1H2/t13-;;/m0../s1. The molecule has 27 heavy (non-hydrogen) atoms. The molecular formula is C19H27ClN2O4S. The van der Waals surface area contributed by atoms with E-state index in [-0.39, 0.29) is 49.7 Å². The van der Waals surface area contributed by atoms with Crippen molar-refractivity contribution in [1.29, 1.82) is 0 Å². The molecule has 3 amide bonds. The number of piperidine rings is 1. The molecule has 0 bridgehead atoms. The molecule has 3 rings (SSSR count). The Morgan fingerprint density at radius 1 is 1.15 bits per heavy atom. The molecule has 0 N–H and O–H groups in total. The predicted molar refractivity (Wildman–Crippen MR) is 110 cm³/mol. The second kappa shape index (κ2) is 8.97. The van der Waals surface area contributed by atoms with E-state index in [1.165, 1.54) is 4.90 Å². The maximum Gasteiger partial charge on any atom is 0.410 e. The van der Waals surface area contributed by atoms with Gasteiger partial charge in [0.25, 0.3) is 11.8 Å². The lowest BCUT2D eigenvalue weighted by Crippen LogP contribution is -2.46. The molecule has 1 aromatic rings. The number of fused-ring (bicyclic) bond motifs is 1. The fraction of sp³-hybridized carbons (Fsp3) is 0.526. The van der Waals surface area contributed by atoms with Crippen molar-refractivity contribution in [2.45, 2.75) is 39.2 Å². The minimum Gasteiger partial charge on any atom is -0.444 e. The molecule has 2 aliphatic heterocycles. The summed E-state index contributed by atoms with van der Waals surface area (Å²) >= 11 is 0. The number of likely N-dealkylation sites (tertiary alicyclic amines) is 1. The van der Waals surface area contributed by atoms with Crippen LogP contribution in [0.3, 0.4) is 0 Å². The Hall–Kier alpha value is -1.73. The second-order valence-electron chi connectivity index (χ2n) is 7.70. The molecule has 0 aromatic heterocycles. The first-order valence-electron chi connectivity index (χ1n) is 8.69. The Balaban J connectivity index is 0.00000182. The van der Waals surface area contributed by atoms with Crippen LogP contribution in [0.5, 0.6) is 0 Å². The second-order valence-corrected chi connectivity index (χ2v) is 7.70. The van der Waals surface area contributed by atoms with Crippen LogP contribution >= 0.6 is 25.9 Å². The Morgan fingerprint density at radius 3 is 2.22 bits per heavy atom. The summed E-state index contributed by atoms with van der Waals surface area (Å²) in [7, 11) is 0. The molecule has 0 aliphatic carbocycles. The fourth-order valence-electron chi connectivity index (χ4n) is 3.37. The lowest BCUT2D eigenvalue weighted by atomic mass is 9.97. The van der Waals surface area contributed by atoms with Gasteiger partial charge in [0.15, 0.2) is 0 Å². The van der Waals surface area contributed by atoms with Crippen molar-refractivity contribution in [1.82, 2.24) is 9.80 Å². The molecule has 0 unspecified atom stereocenters. The predicted octanol–water partition coefficient (Wildman–Crippen LogP) is 3.46. The van der Waals surface area contributed by atoms with Crippen molar-refractivity contribution in [3.8, 4) is 0 Å². The summed E-state index contributed by atoms with van der Waals surface area (Å²) in [6, 6.07) is 6.89. The summed E-state index contributed by atoms with van der Waals surface area (Å²) in [5.74, 6) is -0.409. The fourth-order valence-corrected chi connectivity index (χ4v) is 3.37. The maximum atomic E-state index is 12.5. The van der Waals surface area contributed by atoms with E-state index in [1.54, 1.807) is 29.2 Å². The number of imide groups is 1. The van der Waals surface area contributed by atoms with E-state index in [1.807, 2.05) is 20.8 Å². The van der Waals surface area contributed by atoms with Gasteiger partial charge in [0.2, 0.25) is 0 Å². The van der Waals surface area contributed by atoms with Crippen molar-refractivity contribution < 1.29 is 19.1 Å². The van der Waals surface area contributed by atoms with Crippen molar-refractivity contribution in [3.05, 3.63) is 35.4 Å². The van der Waals surface area contributed by atoms with Crippen LogP contribution in [0.15, 0.2) is 24.3 Å². The molecule has 0 spiro atoms. The minimum absolute atomic E-state index is 0. The minimum atomic E-state index is -0.535. The van der Waals surface area contributed by atoms with E-state index >= 15 is 0 Å². The van der Waals surface area contributed by atoms with Crippen molar-refractivity contribution in [3.63, 3.8) is 0 Å². The summed E-state index contributed by atoms with van der Waals surface area (Å²) in [6.45, 7) is 7.00. The third-order valence-corrected chi connectivity index (χ3v) is 4.49. The van der Waals surface area contributed by atoms with Crippen LogP contribution in [0.1, 0.15) is 54.3 Å². The molecule has 1 atom stereocenters. The highest BCUT2D eigenvalue weighted by Crippen LogP contribution is 2.26. The van der Waals surface area contributed by atoms with E-state index in [4.69, 9.17) is 4.74 Å². The first kappa shape index (κ1) is 23.3. The number of hydrogen-bond acceptors (Lipinski definition) is 4. The highest BCUT2D eigenvalue weighted by Gasteiger charge is 2.37. The molecule has 1 saturated heterocycles. The van der Waals surface area contributed by atoms with Crippen LogP contribution in [-0.4, -0.2) is 52.9 Å². The lowest BCUT2D eigenvalue weighted by Gasteiger charge is -2.35. The van der Waals surface area contributed by atoms with Gasteiger partial charge in [-0.25, -0.2) is 4.79 Å². The number of nitrogens with zero attached hydrogens (tertiary/aromatic N) is 2. The maximum absolute atomic E-state index is 12.5. The monoisotopic (exact) mass is 414 g/mol. The Bertz CT molecular complexity index is 685. The Labute approximate surface area is 173 Å². The van der Waals surface area contributed by atoms with Gasteiger partial charge in [-0.15, -0.1) is 12.4 Å². The smallest absolute Gasteiger partial charge is 0.410 e. The number of ether oxygens (including phenoxy) is 1. The third kappa shape index (κ3) is 5.17. The topological polar surface area (TPSA) is 66.9 Å². The molecule has 8 heteroatoms. The Kier molecular flexibility index (Phi) is 7.75. The Morgan fingerprint density at radius 2 is 1.70 bits per heavy atom. The van der Waals surface area contributed by atoms with Crippen LogP contribution < -0.4 is 0 Å². The van der Waals surface area contributed by atoms with Gasteiger partial charge in [-0.2, -0.15) is 13.5 Å². The van der Waals surface area contributed by atoms with Gasteiger partial charge < -0.3 is 9.64 Å². The van der Waals surface area contributed by atoms with Crippen molar-refractivity contribution >= 4 is 43.8 Å². The number of rotatable bonds is 2. The van der Waals surface area contributed by atoms with Crippen molar-refractivity contribution in [2.75, 3.05) is 19.6 Å². The van der Waals surface area contributed by atoms with Gasteiger partial charge in [0.05, 0.1) is 11.1 Å². The first-order valence-corrected chi connectivity index (χ1v) is 8.69. The van der Waals surface area contributed by atoms with E-state index in [9.17, 15) is 14.4 Å². The van der Waals surface area contributed by atoms with Gasteiger partial charge in [-0.1, -0.05) is 12.1 Å². The summed E-state index contributed by atoms with van der Waals surface area (Å²) in [5.41, 5.74) is 0.395. The SMILES string of the molecule is CC(C)(C)OC(=O)N1CCC[C@H](CN2C(=O)c3ccccc3C2=O)C1.Cl.S. The lowest BCUT2D eigenvalue weighted by molar-refractivity contribution is 0.0151. The van der Waals surface area contributed by atoms with Crippen molar-refractivity contribution in [2.24, 2.45) is 5.92 Å². The van der Waals surface area contributed by atoms with E-state index < -0.39 is 5.60 Å². The number of hydrogen-bond donors (Lipinski definition) is 0. The molecule has 2 aliphatic rings. The number of carbonyl (C=O) groups excluding carboxylic acids is 3. The molecule has 150 valence electrons. The van der Waals surface area contributed by atoms with Crippen LogP contribution in [0, 0.1) is 5.92 Å². The molecule has 0 saturated carbocycles. The highest BCUT2D eigenvalue weighted by molar-refractivity contribution is 7.59. The largest absolute Gasteiger partial charge is 0.444 e. The quantitative estimate of drug-likeness (QED) is 0.695. The first-order chi connectivity index (χ1) is 11.8. The highest BCUT2D eigenvalue weighted by atomic mass is 35.5. The molecule has 1 fully saturated rings. The van der Waals surface area contributed by atoms with Gasteiger partial charge in [-0.3, -0.25) is 14.5 Å². The molecular weight excluding hydrogens is 388 g/mol. The summed E-state index contributed by atoms with van der Waals surface area (Å²) in [5, 5.41) is 0. The number of benzene rings is 1. The van der Waals surface area contributed by atoms with Crippen LogP contribution in [0.4, 0.5) is 4.79 Å². The molecule has 0 radical (unpaired) electrons. The van der Waals surface area contributed by atoms with Crippen LogP contribution in [0.25, 0.3) is 0 Å². The number of amides is 3. The zero-order chi connectivity index (χ0) is 18.2. The van der Waals surface area contributed by atoms with Gasteiger partial charge >= 0.3 is 6.09 Å². The average molecular weight is 415 g/mol. The summed E-state index contributed by atoms with van der Waals surface area (Å²) in [6.07, 6.45) is 1.39. The van der Waals surface area contributed by atoms with Gasteiger partial charge in [0, 0.05) is 19.6 Å². The van der Waals surface area contributed by atoms with Crippen LogP contribution in [-0.2, 0) is 4.74 Å². The number of halogens is 1. The number of carbonyl (C=O) groups is 3. The van der Waals surface area contributed by atoms with Gasteiger partial charge in [-0.05, 0) is 51.7 Å². The van der Waals surface area contributed by atoms with E-state index in [0.717, 1.165) is 12.8 Å². The summed E-state index contributed by atoms with van der Waals surface area (Å²) < 4.78 is 5.43. The van der Waals surface area contributed by atoms with E-state index in [2.05, 4.69) is 0 Å². The molecule has 6 nitrogen and oxygen atoms in total. The van der Waals surface area contributed by atoms with Gasteiger partial charge in [0.1, 0.15) is 5.60 Å².